The smallest absolute Gasteiger partial charge is 0.305 e. The number of nitrogens with two attached hydrogens (primary N) is 8. The Morgan fingerprint density at radius 1 is 0.548 bits per heavy atom. The Bertz CT molecular complexity index is 2460. The lowest BCUT2D eigenvalue weighted by molar-refractivity contribution is -0.141. The zero-order chi connectivity index (χ0) is 63.6. The predicted molar refractivity (Wildman–Crippen MR) is 300 cm³/mol. The molecule has 36 nitrogen and oxygen atoms in total. The largest absolute Gasteiger partial charge is 0.481 e. The number of nitrogens with one attached hydrogen (secondary N) is 9. The fourth-order valence-electron chi connectivity index (χ4n) is 7.69. The van der Waals surface area contributed by atoms with Gasteiger partial charge in [-0.15, -0.1) is 0 Å². The number of imidazole rings is 1. The van der Waals surface area contributed by atoms with Gasteiger partial charge in [-0.2, -0.15) is 0 Å². The number of primary amides is 1. The number of rotatable bonds is 42. The van der Waals surface area contributed by atoms with Crippen LogP contribution in [0.15, 0.2) is 27.5 Å². The van der Waals surface area contributed by atoms with Crippen LogP contribution in [-0.2, 0) is 64.0 Å². The number of hydrogen-bond acceptors (Lipinski definition) is 18. The molecule has 84 heavy (non-hydrogen) atoms. The van der Waals surface area contributed by atoms with Crippen LogP contribution in [0.5, 0.6) is 0 Å². The number of aliphatic hydroxyl groups excluding tert-OH is 1. The molecule has 0 unspecified atom stereocenters. The maximum Gasteiger partial charge on any atom is 0.305 e. The van der Waals surface area contributed by atoms with Crippen LogP contribution in [-0.4, -0.2) is 195 Å². The van der Waals surface area contributed by atoms with Crippen molar-refractivity contribution in [1.29, 1.82) is 0 Å². The third-order valence-electron chi connectivity index (χ3n) is 12.0. The molecule has 0 radical (unpaired) electrons. The molecule has 0 saturated heterocycles. The lowest BCUT2D eigenvalue weighted by Gasteiger charge is -2.29. The zero-order valence-electron chi connectivity index (χ0n) is 47.0. The van der Waals surface area contributed by atoms with Gasteiger partial charge in [-0.3, -0.25) is 67.7 Å². The van der Waals surface area contributed by atoms with Gasteiger partial charge in [0.25, 0.3) is 0 Å². The number of carboxylic acid groups (broad SMARTS) is 2. The number of aldehydes is 1. The number of aliphatic imine (C=N–C) groups is 3. The van der Waals surface area contributed by atoms with Crippen molar-refractivity contribution in [3.8, 4) is 0 Å². The predicted octanol–water partition coefficient (Wildman–Crippen LogP) is -8.45. The molecule has 0 fully saturated rings. The highest BCUT2D eigenvalue weighted by atomic mass is 16.4. The van der Waals surface area contributed by atoms with Crippen LogP contribution in [0.1, 0.15) is 104 Å². The van der Waals surface area contributed by atoms with E-state index in [4.69, 9.17) is 45.9 Å². The normalized spacial score (nSPS) is 14.5. The highest BCUT2D eigenvalue weighted by Gasteiger charge is 2.37. The second-order valence-electron chi connectivity index (χ2n) is 19.7. The quantitative estimate of drug-likeness (QED) is 0.0125. The number of aliphatic carboxylic acids is 2. The van der Waals surface area contributed by atoms with Crippen molar-refractivity contribution >= 4 is 89.3 Å². The fourth-order valence-corrected chi connectivity index (χ4v) is 7.69. The number of nitrogens with zero attached hydrogens (tertiary/aromatic N) is 4. The van der Waals surface area contributed by atoms with Gasteiger partial charge < -0.3 is 114 Å². The second-order valence-corrected chi connectivity index (χ2v) is 19.7. The molecule has 0 saturated carbocycles. The molecule has 0 aromatic carbocycles. The molecular formula is C48H83N21O15. The molecule has 10 atom stereocenters. The molecular weight excluding hydrogens is 1110 g/mol. The Labute approximate surface area is 482 Å². The Morgan fingerprint density at radius 2 is 0.988 bits per heavy atom. The monoisotopic (exact) mass is 1190 g/mol. The molecule has 28 N–H and O–H groups in total. The summed E-state index contributed by atoms with van der Waals surface area (Å²) in [7, 11) is 0. The number of aromatic nitrogens is 2. The van der Waals surface area contributed by atoms with Gasteiger partial charge in [0.05, 0.1) is 30.9 Å². The number of guanidine groups is 3. The Morgan fingerprint density at radius 3 is 1.44 bits per heavy atom. The summed E-state index contributed by atoms with van der Waals surface area (Å²) in [6.07, 6.45) is -2.13. The Kier molecular flexibility index (Phi) is 33.3. The molecule has 0 aliphatic heterocycles. The van der Waals surface area contributed by atoms with Crippen molar-refractivity contribution in [3.63, 3.8) is 0 Å². The number of carbonyl (C=O) groups is 12. The minimum atomic E-state index is -1.93. The standard InChI is InChI=1S/C48H83N21O15/c1-23(2)17-31(42(81)63-28(8-5-15-59-47(53)54)39(78)62-25(21-70)10-12-34(50)72)67-40(79)30(11-13-35(73)74)65-43(82)32(18-26-20-57-22-61-26)68-45(84)37(24(3)71)69-41(80)29(9-6-16-60-48(55)56)64-44(83)33(19-36(75)76)66-38(77)27(49)7-4-14-58-46(51)52/h20-25,27-33,37,71H,4-19,49H2,1-3H3,(H2,50,72)(H,57,61)(H,62,78)(H,63,81)(H,64,83)(H,65,82)(H,66,77)(H,67,79)(H,68,84)(H,69,80)(H,73,74)(H,75,76)(H4,51,52,58)(H4,53,54,59)(H4,55,56,60)/t24-,25+,27+,28+,29+,30+,31+,32+,33+,37+/m1/s1. The third-order valence-corrected chi connectivity index (χ3v) is 12.0. The van der Waals surface area contributed by atoms with E-state index in [-0.39, 0.29) is 107 Å². The summed E-state index contributed by atoms with van der Waals surface area (Å²) in [5.41, 5.74) is 43.7. The van der Waals surface area contributed by atoms with Gasteiger partial charge in [-0.1, -0.05) is 13.8 Å². The number of carbonyl (C=O) groups excluding carboxylic acids is 10. The summed E-state index contributed by atoms with van der Waals surface area (Å²) in [5, 5.41) is 49.4. The van der Waals surface area contributed by atoms with Crippen molar-refractivity contribution in [2.24, 2.45) is 66.8 Å². The summed E-state index contributed by atoms with van der Waals surface area (Å²) in [5.74, 6) is -13.3. The van der Waals surface area contributed by atoms with Gasteiger partial charge in [0, 0.05) is 50.8 Å². The van der Waals surface area contributed by atoms with Crippen LogP contribution in [0.4, 0.5) is 0 Å². The second kappa shape index (κ2) is 38.5. The molecule has 9 amide bonds. The van der Waals surface area contributed by atoms with Gasteiger partial charge in [-0.25, -0.2) is 4.98 Å². The summed E-state index contributed by atoms with van der Waals surface area (Å²) in [6.45, 7) is 4.50. The highest BCUT2D eigenvalue weighted by Crippen LogP contribution is 2.12. The van der Waals surface area contributed by atoms with E-state index < -0.39 is 151 Å². The highest BCUT2D eigenvalue weighted by molar-refractivity contribution is 5.99. The minimum absolute atomic E-state index is 0.0131. The van der Waals surface area contributed by atoms with Crippen molar-refractivity contribution in [3.05, 3.63) is 18.2 Å². The van der Waals surface area contributed by atoms with E-state index in [9.17, 15) is 72.9 Å². The summed E-state index contributed by atoms with van der Waals surface area (Å²) in [4.78, 5) is 176. The summed E-state index contributed by atoms with van der Waals surface area (Å²) in [6, 6.07) is -14.1. The maximum absolute atomic E-state index is 14.3. The molecule has 1 aromatic rings. The number of hydrogen-bond donors (Lipinski definition) is 20. The SMILES string of the molecule is CC(C)C[C@H](NC(=O)[C@H](CCC(=O)O)NC(=O)[C@H](Cc1cnc[nH]1)NC(=O)[C@@H](NC(=O)[C@H](CCCN=C(N)N)NC(=O)[C@H](CC(=O)O)NC(=O)[C@@H](N)CCCN=C(N)N)[C@@H](C)O)C(=O)N[C@@H](CCCN=C(N)N)C(=O)N[C@H](C=O)CCC(N)=O. The molecule has 1 aromatic heterocycles. The topological polar surface area (TPSA) is 636 Å². The van der Waals surface area contributed by atoms with E-state index in [1.807, 2.05) is 0 Å². The molecule has 0 aliphatic rings. The first-order valence-corrected chi connectivity index (χ1v) is 26.6. The average molecular weight is 1190 g/mol. The van der Waals surface area contributed by atoms with Crippen LogP contribution < -0.4 is 88.4 Å². The lowest BCUT2D eigenvalue weighted by Crippen LogP contribution is -2.62. The molecule has 0 aliphatic carbocycles. The van der Waals surface area contributed by atoms with Crippen LogP contribution in [0, 0.1) is 5.92 Å². The van der Waals surface area contributed by atoms with Gasteiger partial charge >= 0.3 is 11.9 Å². The maximum atomic E-state index is 14.3. The van der Waals surface area contributed by atoms with Gasteiger partial charge in [0.2, 0.25) is 53.2 Å². The first kappa shape index (κ1) is 72.8. The van der Waals surface area contributed by atoms with E-state index in [0.29, 0.717) is 6.29 Å². The molecule has 1 heterocycles. The number of H-pyrrole nitrogens is 1. The molecule has 36 heteroatoms. The van der Waals surface area contributed by atoms with Crippen molar-refractivity contribution in [1.82, 2.24) is 52.5 Å². The van der Waals surface area contributed by atoms with E-state index in [0.717, 1.165) is 6.92 Å². The average Bonchev–Trinajstić information content (AvgIpc) is 4.07. The zero-order valence-corrected chi connectivity index (χ0v) is 47.0. The van der Waals surface area contributed by atoms with Crippen LogP contribution in [0.2, 0.25) is 0 Å². The van der Waals surface area contributed by atoms with Gasteiger partial charge in [0.15, 0.2) is 17.9 Å². The molecule has 0 bridgehead atoms. The van der Waals surface area contributed by atoms with Crippen molar-refractivity contribution in [2.75, 3.05) is 19.6 Å². The Balaban J connectivity index is 3.62. The minimum Gasteiger partial charge on any atom is -0.481 e. The number of amides is 9. The van der Waals surface area contributed by atoms with Crippen LogP contribution >= 0.6 is 0 Å². The number of aliphatic hydroxyl groups is 1. The van der Waals surface area contributed by atoms with Gasteiger partial charge in [-0.05, 0) is 70.6 Å². The lowest BCUT2D eigenvalue weighted by atomic mass is 10.0. The van der Waals surface area contributed by atoms with E-state index >= 15 is 0 Å². The third kappa shape index (κ3) is 30.6. The summed E-state index contributed by atoms with van der Waals surface area (Å²) >= 11 is 0. The van der Waals surface area contributed by atoms with E-state index in [2.05, 4.69) is 67.5 Å². The van der Waals surface area contributed by atoms with Gasteiger partial charge in [0.1, 0.15) is 48.6 Å². The molecule has 470 valence electrons. The first-order chi connectivity index (χ1) is 39.4. The fraction of sp³-hybridized carbons (Fsp3) is 0.625. The van der Waals surface area contributed by atoms with Crippen molar-refractivity contribution in [2.45, 2.75) is 165 Å². The molecule has 1 rings (SSSR count). The van der Waals surface area contributed by atoms with Crippen LogP contribution in [0.25, 0.3) is 0 Å². The van der Waals surface area contributed by atoms with E-state index in [1.165, 1.54) is 12.5 Å². The summed E-state index contributed by atoms with van der Waals surface area (Å²) < 4.78 is 0. The molecule has 0 spiro atoms. The van der Waals surface area contributed by atoms with Crippen LogP contribution in [0.3, 0.4) is 0 Å². The van der Waals surface area contributed by atoms with Crippen molar-refractivity contribution < 1.29 is 72.9 Å². The number of carboxylic acids is 2. The number of aromatic amines is 1. The Hall–Kier alpha value is -9.22. The first-order valence-electron chi connectivity index (χ1n) is 26.6. The van der Waals surface area contributed by atoms with E-state index in [1.54, 1.807) is 13.8 Å².